The van der Waals surface area contributed by atoms with Crippen LogP contribution in [0, 0.1) is 0 Å². The summed E-state index contributed by atoms with van der Waals surface area (Å²) in [4.78, 5) is 4.19. The minimum absolute atomic E-state index is 1.03. The highest BCUT2D eigenvalue weighted by atomic mass is 127. The number of rotatable bonds is 1. The van der Waals surface area contributed by atoms with Gasteiger partial charge in [0.1, 0.15) is 5.65 Å². The number of hydrogen-bond acceptors (Lipinski definition) is 1. The first-order chi connectivity index (χ1) is 5.40. The van der Waals surface area contributed by atoms with Crippen molar-refractivity contribution in [2.75, 3.05) is 0 Å². The molecule has 0 bridgehead atoms. The summed E-state index contributed by atoms with van der Waals surface area (Å²) in [5.41, 5.74) is 2.35. The second-order valence-electron chi connectivity index (χ2n) is 2.36. The van der Waals surface area contributed by atoms with Gasteiger partial charge in [-0.1, -0.05) is 22.6 Å². The monoisotopic (exact) mass is 258 g/mol. The summed E-state index contributed by atoms with van der Waals surface area (Å²) in [7, 11) is 0. The van der Waals surface area contributed by atoms with Gasteiger partial charge in [0.05, 0.1) is 0 Å². The Morgan fingerprint density at radius 3 is 3.18 bits per heavy atom. The molecule has 0 atom stereocenters. The number of alkyl halides is 1. The van der Waals surface area contributed by atoms with E-state index in [-0.39, 0.29) is 0 Å². The van der Waals surface area contributed by atoms with Crippen molar-refractivity contribution in [1.29, 1.82) is 0 Å². The first kappa shape index (κ1) is 7.09. The molecule has 0 aliphatic heterocycles. The summed E-state index contributed by atoms with van der Waals surface area (Å²) >= 11 is 2.35. The van der Waals surface area contributed by atoms with Gasteiger partial charge in [0.25, 0.3) is 0 Å². The molecule has 0 saturated carbocycles. The molecule has 56 valence electrons. The molecule has 3 heteroatoms. The second-order valence-corrected chi connectivity index (χ2v) is 3.12. The minimum Gasteiger partial charge on any atom is -0.307 e. The highest BCUT2D eigenvalue weighted by molar-refractivity contribution is 14.1. The lowest BCUT2D eigenvalue weighted by Gasteiger charge is -1.95. The van der Waals surface area contributed by atoms with Crippen LogP contribution in [0.1, 0.15) is 5.56 Å². The molecule has 2 rings (SSSR count). The first-order valence-electron chi connectivity index (χ1n) is 3.38. The summed E-state index contributed by atoms with van der Waals surface area (Å²) in [6.45, 7) is 0. The number of aromatic nitrogens is 2. The van der Waals surface area contributed by atoms with Gasteiger partial charge in [-0.3, -0.25) is 0 Å². The van der Waals surface area contributed by atoms with E-state index in [4.69, 9.17) is 0 Å². The maximum absolute atomic E-state index is 4.19. The van der Waals surface area contributed by atoms with Gasteiger partial charge in [-0.05, 0) is 17.7 Å². The molecule has 2 heterocycles. The molecule has 0 spiro atoms. The van der Waals surface area contributed by atoms with Gasteiger partial charge >= 0.3 is 0 Å². The maximum atomic E-state index is 4.19. The average Bonchev–Trinajstić information content (AvgIpc) is 2.50. The fourth-order valence-corrected chi connectivity index (χ4v) is 1.51. The summed E-state index contributed by atoms with van der Waals surface area (Å²) in [6, 6.07) is 4.22. The normalized spacial score (nSPS) is 10.6. The minimum atomic E-state index is 1.03. The third kappa shape index (κ3) is 1.24. The van der Waals surface area contributed by atoms with Gasteiger partial charge in [0.15, 0.2) is 0 Å². The molecule has 0 aromatic carbocycles. The van der Waals surface area contributed by atoms with Crippen molar-refractivity contribution in [3.8, 4) is 0 Å². The van der Waals surface area contributed by atoms with E-state index in [0.29, 0.717) is 0 Å². The third-order valence-electron chi connectivity index (χ3n) is 1.62. The van der Waals surface area contributed by atoms with Crippen molar-refractivity contribution in [3.63, 3.8) is 0 Å². The molecular formula is C8H7IN2. The smallest absolute Gasteiger partial charge is 0.136 e. The molecule has 0 radical (unpaired) electrons. The number of imidazole rings is 1. The van der Waals surface area contributed by atoms with E-state index >= 15 is 0 Å². The molecular weight excluding hydrogens is 251 g/mol. The SMILES string of the molecule is ICc1ccn2ccnc2c1. The number of fused-ring (bicyclic) bond motifs is 1. The number of pyridine rings is 1. The van der Waals surface area contributed by atoms with Crippen LogP contribution in [-0.4, -0.2) is 9.38 Å². The Labute approximate surface area is 78.4 Å². The van der Waals surface area contributed by atoms with Crippen LogP contribution in [0.2, 0.25) is 0 Å². The zero-order valence-corrected chi connectivity index (χ0v) is 8.02. The largest absolute Gasteiger partial charge is 0.307 e. The van der Waals surface area contributed by atoms with Crippen molar-refractivity contribution in [2.45, 2.75) is 4.43 Å². The van der Waals surface area contributed by atoms with Gasteiger partial charge < -0.3 is 4.40 Å². The average molecular weight is 258 g/mol. The van der Waals surface area contributed by atoms with Crippen molar-refractivity contribution in [1.82, 2.24) is 9.38 Å². The molecule has 0 aliphatic rings. The number of hydrogen-bond donors (Lipinski definition) is 0. The molecule has 2 nitrogen and oxygen atoms in total. The molecule has 0 aliphatic carbocycles. The van der Waals surface area contributed by atoms with Crippen molar-refractivity contribution in [3.05, 3.63) is 36.3 Å². The second kappa shape index (κ2) is 2.81. The molecule has 2 aromatic rings. The van der Waals surface area contributed by atoms with E-state index in [1.165, 1.54) is 5.56 Å². The quantitative estimate of drug-likeness (QED) is 0.566. The van der Waals surface area contributed by atoms with Crippen LogP contribution >= 0.6 is 22.6 Å². The van der Waals surface area contributed by atoms with E-state index < -0.39 is 0 Å². The standard InChI is InChI=1S/C8H7IN2/c9-6-7-1-3-11-4-2-10-8(11)5-7/h1-5H,6H2. The van der Waals surface area contributed by atoms with Crippen molar-refractivity contribution >= 4 is 28.2 Å². The van der Waals surface area contributed by atoms with Gasteiger partial charge in [0, 0.05) is 23.0 Å². The van der Waals surface area contributed by atoms with Crippen LogP contribution in [0.15, 0.2) is 30.7 Å². The Hall–Kier alpha value is -0.580. The first-order valence-corrected chi connectivity index (χ1v) is 4.90. The van der Waals surface area contributed by atoms with Crippen LogP contribution in [0.5, 0.6) is 0 Å². The predicted octanol–water partition coefficient (Wildman–Crippen LogP) is 2.27. The Balaban J connectivity index is 2.67. The highest BCUT2D eigenvalue weighted by Crippen LogP contribution is 2.08. The Kier molecular flexibility index (Phi) is 1.81. The highest BCUT2D eigenvalue weighted by Gasteiger charge is 1.93. The third-order valence-corrected chi connectivity index (χ3v) is 2.50. The van der Waals surface area contributed by atoms with Gasteiger partial charge in [0.2, 0.25) is 0 Å². The molecule has 0 fully saturated rings. The van der Waals surface area contributed by atoms with Crippen molar-refractivity contribution < 1.29 is 0 Å². The van der Waals surface area contributed by atoms with Crippen LogP contribution < -0.4 is 0 Å². The maximum Gasteiger partial charge on any atom is 0.136 e. The van der Waals surface area contributed by atoms with Gasteiger partial charge in [-0.25, -0.2) is 4.98 Å². The van der Waals surface area contributed by atoms with Crippen LogP contribution in [0.4, 0.5) is 0 Å². The van der Waals surface area contributed by atoms with E-state index in [1.807, 2.05) is 23.0 Å². The predicted molar refractivity (Wildman–Crippen MR) is 52.9 cm³/mol. The van der Waals surface area contributed by atoms with E-state index in [2.05, 4.69) is 39.7 Å². The molecule has 11 heavy (non-hydrogen) atoms. The van der Waals surface area contributed by atoms with E-state index in [1.54, 1.807) is 0 Å². The Morgan fingerprint density at radius 1 is 1.45 bits per heavy atom. The molecule has 0 amide bonds. The molecule has 0 saturated heterocycles. The van der Waals surface area contributed by atoms with Crippen molar-refractivity contribution in [2.24, 2.45) is 0 Å². The van der Waals surface area contributed by atoms with Crippen LogP contribution in [0.25, 0.3) is 5.65 Å². The fraction of sp³-hybridized carbons (Fsp3) is 0.125. The number of halogens is 1. The lowest BCUT2D eigenvalue weighted by atomic mass is 10.3. The summed E-state index contributed by atoms with van der Waals surface area (Å²) < 4.78 is 3.05. The lowest BCUT2D eigenvalue weighted by molar-refractivity contribution is 1.17. The molecule has 0 N–H and O–H groups in total. The molecule has 0 unspecified atom stereocenters. The number of nitrogens with zero attached hydrogens (tertiary/aromatic N) is 2. The van der Waals surface area contributed by atoms with Crippen LogP contribution in [-0.2, 0) is 4.43 Å². The van der Waals surface area contributed by atoms with Crippen LogP contribution in [0.3, 0.4) is 0 Å². The molecule has 2 aromatic heterocycles. The van der Waals surface area contributed by atoms with Gasteiger partial charge in [-0.15, -0.1) is 0 Å². The lowest BCUT2D eigenvalue weighted by Crippen LogP contribution is -1.84. The van der Waals surface area contributed by atoms with E-state index in [9.17, 15) is 0 Å². The Bertz CT molecular complexity index is 367. The Morgan fingerprint density at radius 2 is 2.36 bits per heavy atom. The zero-order valence-electron chi connectivity index (χ0n) is 5.87. The summed E-state index contributed by atoms with van der Waals surface area (Å²) in [5, 5.41) is 0. The van der Waals surface area contributed by atoms with E-state index in [0.717, 1.165) is 10.1 Å². The zero-order chi connectivity index (χ0) is 7.68. The van der Waals surface area contributed by atoms with Gasteiger partial charge in [-0.2, -0.15) is 0 Å². The fourth-order valence-electron chi connectivity index (χ4n) is 1.04. The summed E-state index contributed by atoms with van der Waals surface area (Å²) in [6.07, 6.45) is 5.80. The topological polar surface area (TPSA) is 17.3 Å². The summed E-state index contributed by atoms with van der Waals surface area (Å²) in [5.74, 6) is 0.